The number of benzene rings is 2. The lowest BCUT2D eigenvalue weighted by atomic mass is 10.2. The van der Waals surface area contributed by atoms with E-state index in [0.717, 1.165) is 6.42 Å². The number of carboxylic acids is 1. The van der Waals surface area contributed by atoms with Gasteiger partial charge in [0.1, 0.15) is 0 Å². The van der Waals surface area contributed by atoms with Gasteiger partial charge in [0, 0.05) is 6.42 Å². The molecule has 0 bridgehead atoms. The fourth-order valence-electron chi connectivity index (χ4n) is 2.01. The van der Waals surface area contributed by atoms with Crippen LogP contribution in [0, 0.1) is 0 Å². The maximum atomic E-state index is 11.1. The third-order valence-electron chi connectivity index (χ3n) is 3.04. The first-order valence-electron chi connectivity index (χ1n) is 6.98. The second kappa shape index (κ2) is 7.84. The van der Waals surface area contributed by atoms with Crippen molar-refractivity contribution >= 4 is 21.9 Å². The van der Waals surface area contributed by atoms with Crippen molar-refractivity contribution in [3.05, 3.63) is 58.1 Å². The van der Waals surface area contributed by atoms with E-state index in [0.29, 0.717) is 29.2 Å². The van der Waals surface area contributed by atoms with Gasteiger partial charge in [-0.2, -0.15) is 0 Å². The van der Waals surface area contributed by atoms with Gasteiger partial charge >= 0.3 is 5.97 Å². The number of rotatable bonds is 7. The fraction of sp³-hybridized carbons (Fsp3) is 0.235. The van der Waals surface area contributed by atoms with Gasteiger partial charge in [-0.15, -0.1) is 0 Å². The average Bonchev–Trinajstić information content (AvgIpc) is 2.50. The molecule has 4 nitrogen and oxygen atoms in total. The number of hydrogen-bond acceptors (Lipinski definition) is 3. The van der Waals surface area contributed by atoms with E-state index in [4.69, 9.17) is 14.6 Å². The summed E-state index contributed by atoms with van der Waals surface area (Å²) in [5.74, 6) is -0.0393. The SMILES string of the molecule is CCOc1cc(C(=O)O)cc(Br)c1OCCc1ccccc1. The monoisotopic (exact) mass is 364 g/mol. The van der Waals surface area contributed by atoms with Crippen molar-refractivity contribution in [2.24, 2.45) is 0 Å². The van der Waals surface area contributed by atoms with Gasteiger partial charge in [-0.1, -0.05) is 30.3 Å². The maximum absolute atomic E-state index is 11.1. The van der Waals surface area contributed by atoms with Gasteiger partial charge in [0.2, 0.25) is 0 Å². The Kier molecular flexibility index (Phi) is 5.83. The molecule has 1 N–H and O–H groups in total. The number of aromatic carboxylic acids is 1. The third kappa shape index (κ3) is 4.24. The van der Waals surface area contributed by atoms with E-state index in [9.17, 15) is 4.79 Å². The number of carbonyl (C=O) groups is 1. The van der Waals surface area contributed by atoms with Gasteiger partial charge in [-0.25, -0.2) is 4.79 Å². The fourth-order valence-corrected chi connectivity index (χ4v) is 2.57. The van der Waals surface area contributed by atoms with Gasteiger partial charge in [-0.05, 0) is 40.5 Å². The van der Waals surface area contributed by atoms with E-state index in [1.54, 1.807) is 0 Å². The Morgan fingerprint density at radius 1 is 1.18 bits per heavy atom. The van der Waals surface area contributed by atoms with E-state index in [-0.39, 0.29) is 5.56 Å². The smallest absolute Gasteiger partial charge is 0.335 e. The Morgan fingerprint density at radius 2 is 1.91 bits per heavy atom. The van der Waals surface area contributed by atoms with Gasteiger partial charge < -0.3 is 14.6 Å². The topological polar surface area (TPSA) is 55.8 Å². The molecule has 0 spiro atoms. The normalized spacial score (nSPS) is 10.3. The highest BCUT2D eigenvalue weighted by Gasteiger charge is 2.15. The molecule has 0 fully saturated rings. The summed E-state index contributed by atoms with van der Waals surface area (Å²) in [5, 5.41) is 9.10. The molecular weight excluding hydrogens is 348 g/mol. The predicted octanol–water partition coefficient (Wildman–Crippen LogP) is 4.17. The maximum Gasteiger partial charge on any atom is 0.335 e. The van der Waals surface area contributed by atoms with Crippen LogP contribution in [0.5, 0.6) is 11.5 Å². The number of ether oxygens (including phenoxy) is 2. The summed E-state index contributed by atoms with van der Waals surface area (Å²) in [7, 11) is 0. The molecule has 0 heterocycles. The zero-order chi connectivity index (χ0) is 15.9. The molecule has 0 saturated heterocycles. The second-order valence-electron chi connectivity index (χ2n) is 4.61. The Hall–Kier alpha value is -2.01. The van der Waals surface area contributed by atoms with Crippen LogP contribution in [0.25, 0.3) is 0 Å². The first-order chi connectivity index (χ1) is 10.6. The molecule has 0 aliphatic heterocycles. The summed E-state index contributed by atoms with van der Waals surface area (Å²) in [6, 6.07) is 13.0. The van der Waals surface area contributed by atoms with Crippen LogP contribution in [0.2, 0.25) is 0 Å². The molecule has 0 unspecified atom stereocenters. The van der Waals surface area contributed by atoms with Gasteiger partial charge in [0.05, 0.1) is 23.2 Å². The van der Waals surface area contributed by atoms with Crippen LogP contribution in [0.3, 0.4) is 0 Å². The zero-order valence-corrected chi connectivity index (χ0v) is 13.8. The molecule has 0 aliphatic carbocycles. The van der Waals surface area contributed by atoms with Crippen LogP contribution in [0.1, 0.15) is 22.8 Å². The molecule has 22 heavy (non-hydrogen) atoms. The second-order valence-corrected chi connectivity index (χ2v) is 5.46. The lowest BCUT2D eigenvalue weighted by Gasteiger charge is -2.14. The molecule has 116 valence electrons. The minimum Gasteiger partial charge on any atom is -0.490 e. The molecule has 5 heteroatoms. The van der Waals surface area contributed by atoms with Crippen molar-refractivity contribution < 1.29 is 19.4 Å². The molecule has 0 saturated carbocycles. The van der Waals surface area contributed by atoms with Gasteiger partial charge in [-0.3, -0.25) is 0 Å². The molecule has 0 radical (unpaired) electrons. The first kappa shape index (κ1) is 16.4. The Balaban J connectivity index is 2.13. The largest absolute Gasteiger partial charge is 0.490 e. The minimum absolute atomic E-state index is 0.158. The van der Waals surface area contributed by atoms with Crippen molar-refractivity contribution in [3.63, 3.8) is 0 Å². The molecule has 2 aromatic carbocycles. The highest BCUT2D eigenvalue weighted by atomic mass is 79.9. The molecule has 0 aliphatic rings. The van der Waals surface area contributed by atoms with Crippen molar-refractivity contribution in [1.29, 1.82) is 0 Å². The highest BCUT2D eigenvalue weighted by molar-refractivity contribution is 9.10. The molecular formula is C17H17BrO4. The summed E-state index contributed by atoms with van der Waals surface area (Å²) in [6.45, 7) is 2.76. The van der Waals surface area contributed by atoms with Crippen LogP contribution in [-0.4, -0.2) is 24.3 Å². The van der Waals surface area contributed by atoms with Gasteiger partial charge in [0.25, 0.3) is 0 Å². The summed E-state index contributed by atoms with van der Waals surface area (Å²) in [4.78, 5) is 11.1. The minimum atomic E-state index is -1.00. The van der Waals surface area contributed by atoms with E-state index in [1.807, 2.05) is 37.3 Å². The third-order valence-corrected chi connectivity index (χ3v) is 3.63. The number of hydrogen-bond donors (Lipinski definition) is 1. The quantitative estimate of drug-likeness (QED) is 0.800. The van der Waals surface area contributed by atoms with Crippen LogP contribution in [0.4, 0.5) is 0 Å². The predicted molar refractivity (Wildman–Crippen MR) is 87.9 cm³/mol. The molecule has 0 aromatic heterocycles. The van der Waals surface area contributed by atoms with E-state index in [1.165, 1.54) is 17.7 Å². The van der Waals surface area contributed by atoms with Crippen molar-refractivity contribution in [1.82, 2.24) is 0 Å². The lowest BCUT2D eigenvalue weighted by molar-refractivity contribution is 0.0696. The lowest BCUT2D eigenvalue weighted by Crippen LogP contribution is -2.06. The number of halogens is 1. The molecule has 0 amide bonds. The van der Waals surface area contributed by atoms with Gasteiger partial charge in [0.15, 0.2) is 11.5 Å². The highest BCUT2D eigenvalue weighted by Crippen LogP contribution is 2.37. The van der Waals surface area contributed by atoms with Crippen molar-refractivity contribution in [3.8, 4) is 11.5 Å². The molecule has 2 aromatic rings. The van der Waals surface area contributed by atoms with E-state index < -0.39 is 5.97 Å². The van der Waals surface area contributed by atoms with Crippen LogP contribution >= 0.6 is 15.9 Å². The van der Waals surface area contributed by atoms with Crippen molar-refractivity contribution in [2.45, 2.75) is 13.3 Å². The zero-order valence-electron chi connectivity index (χ0n) is 12.2. The van der Waals surface area contributed by atoms with E-state index in [2.05, 4.69) is 15.9 Å². The van der Waals surface area contributed by atoms with Crippen molar-refractivity contribution in [2.75, 3.05) is 13.2 Å². The Morgan fingerprint density at radius 3 is 2.55 bits per heavy atom. The Bertz CT molecular complexity index is 641. The first-order valence-corrected chi connectivity index (χ1v) is 7.77. The van der Waals surface area contributed by atoms with Crippen LogP contribution in [-0.2, 0) is 6.42 Å². The molecule has 2 rings (SSSR count). The summed E-state index contributed by atoms with van der Waals surface area (Å²) < 4.78 is 11.9. The Labute approximate surface area is 137 Å². The summed E-state index contributed by atoms with van der Waals surface area (Å²) >= 11 is 3.35. The van der Waals surface area contributed by atoms with Crippen LogP contribution < -0.4 is 9.47 Å². The molecule has 0 atom stereocenters. The number of carboxylic acid groups (broad SMARTS) is 1. The van der Waals surface area contributed by atoms with Crippen LogP contribution in [0.15, 0.2) is 46.9 Å². The van der Waals surface area contributed by atoms with E-state index >= 15 is 0 Å². The summed E-state index contributed by atoms with van der Waals surface area (Å²) in [5.41, 5.74) is 1.34. The summed E-state index contributed by atoms with van der Waals surface area (Å²) in [6.07, 6.45) is 0.763. The average molecular weight is 365 g/mol. The standard InChI is InChI=1S/C17H17BrO4/c1-2-21-15-11-13(17(19)20)10-14(18)16(15)22-9-8-12-6-4-3-5-7-12/h3-7,10-11H,2,8-9H2,1H3,(H,19,20).